The average Bonchev–Trinajstić information content (AvgIpc) is 2.52. The maximum Gasteiger partial charge on any atom is 0.321 e. The van der Waals surface area contributed by atoms with E-state index in [2.05, 4.69) is 22.5 Å². The predicted molar refractivity (Wildman–Crippen MR) is 90.9 cm³/mol. The zero-order valence-electron chi connectivity index (χ0n) is 13.8. The molecule has 24 heavy (non-hydrogen) atoms. The Labute approximate surface area is 140 Å². The number of carbonyl (C=O) groups is 3. The van der Waals surface area contributed by atoms with Crippen molar-refractivity contribution in [2.75, 3.05) is 39.1 Å². The van der Waals surface area contributed by atoms with E-state index < -0.39 is 11.9 Å². The number of likely N-dealkylation sites (N-methyl/N-ethyl adjacent to an activating group) is 1. The van der Waals surface area contributed by atoms with E-state index in [9.17, 15) is 14.4 Å². The summed E-state index contributed by atoms with van der Waals surface area (Å²) in [6.07, 6.45) is 1.50. The Morgan fingerprint density at radius 1 is 1.25 bits per heavy atom. The molecular weight excluding hydrogens is 312 g/mol. The highest BCUT2D eigenvalue weighted by Crippen LogP contribution is 2.16. The molecule has 0 spiro atoms. The average molecular weight is 334 g/mol. The first-order chi connectivity index (χ1) is 11.4. The van der Waals surface area contributed by atoms with Crippen molar-refractivity contribution in [3.05, 3.63) is 36.9 Å². The Morgan fingerprint density at radius 2 is 1.96 bits per heavy atom. The monoisotopic (exact) mass is 334 g/mol. The van der Waals surface area contributed by atoms with E-state index in [1.807, 2.05) is 0 Å². The number of nitrogens with zero attached hydrogens (tertiary/aromatic N) is 1. The summed E-state index contributed by atoms with van der Waals surface area (Å²) in [4.78, 5) is 36.4. The molecule has 8 heteroatoms. The van der Waals surface area contributed by atoms with E-state index in [1.165, 1.54) is 11.0 Å². The molecule has 0 radical (unpaired) electrons. The van der Waals surface area contributed by atoms with Crippen molar-refractivity contribution in [2.24, 2.45) is 0 Å². The van der Waals surface area contributed by atoms with Crippen LogP contribution in [0.25, 0.3) is 0 Å². The van der Waals surface area contributed by atoms with Crippen molar-refractivity contribution < 1.29 is 19.1 Å². The highest BCUT2D eigenvalue weighted by molar-refractivity contribution is 5.96. The SMILES string of the molecule is C=CCNC(=O)NC(=O)CN(C)CC(=O)Nc1cccc(OC)c1. The number of hydrogen-bond donors (Lipinski definition) is 3. The smallest absolute Gasteiger partial charge is 0.321 e. The van der Waals surface area contributed by atoms with Gasteiger partial charge in [0.15, 0.2) is 0 Å². The number of carbonyl (C=O) groups excluding carboxylic acids is 3. The summed E-state index contributed by atoms with van der Waals surface area (Å²) < 4.78 is 5.08. The van der Waals surface area contributed by atoms with Crippen LogP contribution in [0, 0.1) is 0 Å². The number of hydrogen-bond acceptors (Lipinski definition) is 5. The molecule has 0 aliphatic rings. The van der Waals surface area contributed by atoms with Gasteiger partial charge >= 0.3 is 6.03 Å². The van der Waals surface area contributed by atoms with E-state index in [4.69, 9.17) is 4.74 Å². The molecule has 0 bridgehead atoms. The van der Waals surface area contributed by atoms with Gasteiger partial charge in [-0.05, 0) is 19.2 Å². The molecule has 0 unspecified atom stereocenters. The van der Waals surface area contributed by atoms with Crippen LogP contribution in [0.3, 0.4) is 0 Å². The Morgan fingerprint density at radius 3 is 2.62 bits per heavy atom. The van der Waals surface area contributed by atoms with Gasteiger partial charge in [-0.3, -0.25) is 19.8 Å². The molecule has 0 aliphatic heterocycles. The van der Waals surface area contributed by atoms with Crippen molar-refractivity contribution in [3.63, 3.8) is 0 Å². The number of benzene rings is 1. The molecule has 1 aromatic carbocycles. The first kappa shape index (κ1) is 19.2. The van der Waals surface area contributed by atoms with Crippen molar-refractivity contribution in [2.45, 2.75) is 0 Å². The summed E-state index contributed by atoms with van der Waals surface area (Å²) in [6.45, 7) is 3.62. The molecule has 8 nitrogen and oxygen atoms in total. The molecule has 0 aromatic heterocycles. The maximum absolute atomic E-state index is 12.0. The minimum absolute atomic E-state index is 0.00108. The van der Waals surface area contributed by atoms with Crippen molar-refractivity contribution in [3.8, 4) is 5.75 Å². The first-order valence-electron chi connectivity index (χ1n) is 7.25. The topological polar surface area (TPSA) is 99.8 Å². The largest absolute Gasteiger partial charge is 0.497 e. The minimum atomic E-state index is -0.603. The minimum Gasteiger partial charge on any atom is -0.497 e. The van der Waals surface area contributed by atoms with Crippen LogP contribution in [0.4, 0.5) is 10.5 Å². The molecule has 0 saturated carbocycles. The molecule has 0 aliphatic carbocycles. The Bertz CT molecular complexity index is 603. The van der Waals surface area contributed by atoms with Crippen molar-refractivity contribution in [1.82, 2.24) is 15.5 Å². The lowest BCUT2D eigenvalue weighted by Gasteiger charge is -2.16. The number of anilines is 1. The molecule has 3 N–H and O–H groups in total. The van der Waals surface area contributed by atoms with Crippen LogP contribution in [0.1, 0.15) is 0 Å². The summed E-state index contributed by atoms with van der Waals surface area (Å²) in [5, 5.41) is 7.29. The van der Waals surface area contributed by atoms with Crippen LogP contribution >= 0.6 is 0 Å². The van der Waals surface area contributed by atoms with Crippen LogP contribution in [0.2, 0.25) is 0 Å². The summed E-state index contributed by atoms with van der Waals surface area (Å²) in [6, 6.07) is 6.34. The van der Waals surface area contributed by atoms with E-state index in [0.717, 1.165) is 0 Å². The van der Waals surface area contributed by atoms with Crippen molar-refractivity contribution in [1.29, 1.82) is 0 Å². The van der Waals surface area contributed by atoms with E-state index >= 15 is 0 Å². The second-order valence-corrected chi connectivity index (χ2v) is 5.00. The third kappa shape index (κ3) is 7.41. The van der Waals surface area contributed by atoms with Gasteiger partial charge in [0.05, 0.1) is 20.2 Å². The van der Waals surface area contributed by atoms with Gasteiger partial charge < -0.3 is 15.4 Å². The highest BCUT2D eigenvalue weighted by atomic mass is 16.5. The lowest BCUT2D eigenvalue weighted by atomic mass is 10.3. The maximum atomic E-state index is 12.0. The molecule has 0 atom stereocenters. The van der Waals surface area contributed by atoms with Crippen LogP contribution < -0.4 is 20.7 Å². The second-order valence-electron chi connectivity index (χ2n) is 5.00. The first-order valence-corrected chi connectivity index (χ1v) is 7.25. The quantitative estimate of drug-likeness (QED) is 0.604. The van der Waals surface area contributed by atoms with Gasteiger partial charge in [-0.15, -0.1) is 6.58 Å². The fraction of sp³-hybridized carbons (Fsp3) is 0.312. The third-order valence-corrected chi connectivity index (χ3v) is 2.84. The predicted octanol–water partition coefficient (Wildman–Crippen LogP) is 0.577. The summed E-state index contributed by atoms with van der Waals surface area (Å²) in [7, 11) is 3.14. The van der Waals surface area contributed by atoms with Gasteiger partial charge in [0.2, 0.25) is 11.8 Å². The van der Waals surface area contributed by atoms with Gasteiger partial charge in [-0.25, -0.2) is 4.79 Å². The number of nitrogens with one attached hydrogen (secondary N) is 3. The normalized spacial score (nSPS) is 9.96. The molecular formula is C16H22N4O4. The highest BCUT2D eigenvalue weighted by Gasteiger charge is 2.13. The van der Waals surface area contributed by atoms with Gasteiger partial charge in [0, 0.05) is 18.3 Å². The Hall–Kier alpha value is -2.87. The van der Waals surface area contributed by atoms with Crippen LogP contribution in [0.5, 0.6) is 5.75 Å². The Balaban J connectivity index is 2.39. The number of ether oxygens (including phenoxy) is 1. The zero-order valence-corrected chi connectivity index (χ0v) is 13.8. The van der Waals surface area contributed by atoms with Crippen LogP contribution in [-0.2, 0) is 9.59 Å². The molecule has 4 amide bonds. The number of methoxy groups -OCH3 is 1. The Kier molecular flexibility index (Phi) is 8.00. The van der Waals surface area contributed by atoms with Gasteiger partial charge in [0.25, 0.3) is 0 Å². The van der Waals surface area contributed by atoms with Crippen LogP contribution in [0.15, 0.2) is 36.9 Å². The summed E-state index contributed by atoms with van der Waals surface area (Å²) >= 11 is 0. The standard InChI is InChI=1S/C16H22N4O4/c1-4-8-17-16(23)19-15(22)11-20(2)10-14(21)18-12-6-5-7-13(9-12)24-3/h4-7,9H,1,8,10-11H2,2-3H3,(H,18,21)(H2,17,19,22,23). The number of imide groups is 1. The molecule has 0 fully saturated rings. The van der Waals surface area contributed by atoms with Gasteiger partial charge in [-0.1, -0.05) is 12.1 Å². The van der Waals surface area contributed by atoms with Crippen molar-refractivity contribution >= 4 is 23.5 Å². The number of urea groups is 1. The van der Waals surface area contributed by atoms with Crippen LogP contribution in [-0.4, -0.2) is 56.5 Å². The molecule has 0 heterocycles. The van der Waals surface area contributed by atoms with E-state index in [1.54, 1.807) is 38.4 Å². The van der Waals surface area contributed by atoms with Gasteiger partial charge in [0.1, 0.15) is 5.75 Å². The second kappa shape index (κ2) is 10.0. The molecule has 1 rings (SSSR count). The third-order valence-electron chi connectivity index (χ3n) is 2.84. The molecule has 130 valence electrons. The number of rotatable bonds is 8. The lowest BCUT2D eigenvalue weighted by molar-refractivity contribution is -0.122. The zero-order chi connectivity index (χ0) is 17.9. The fourth-order valence-corrected chi connectivity index (χ4v) is 1.82. The van der Waals surface area contributed by atoms with Gasteiger partial charge in [-0.2, -0.15) is 0 Å². The van der Waals surface area contributed by atoms with E-state index in [0.29, 0.717) is 11.4 Å². The summed E-state index contributed by atoms with van der Waals surface area (Å²) in [5.74, 6) is -0.158. The molecule has 1 aromatic rings. The fourth-order valence-electron chi connectivity index (χ4n) is 1.82. The lowest BCUT2D eigenvalue weighted by Crippen LogP contribution is -2.45. The number of amides is 4. The van der Waals surface area contributed by atoms with E-state index in [-0.39, 0.29) is 25.5 Å². The molecule has 0 saturated heterocycles. The summed E-state index contributed by atoms with van der Waals surface area (Å²) in [5.41, 5.74) is 0.598.